The van der Waals surface area contributed by atoms with Gasteiger partial charge in [0, 0.05) is 25.3 Å². The van der Waals surface area contributed by atoms with Gasteiger partial charge in [-0.15, -0.1) is 0 Å². The van der Waals surface area contributed by atoms with Gasteiger partial charge in [0.2, 0.25) is 0 Å². The van der Waals surface area contributed by atoms with Crippen molar-refractivity contribution in [3.05, 3.63) is 94.3 Å². The summed E-state index contributed by atoms with van der Waals surface area (Å²) in [6.07, 6.45) is -3.04. The summed E-state index contributed by atoms with van der Waals surface area (Å²) in [4.78, 5) is 19.6. The first-order valence-corrected chi connectivity index (χ1v) is 9.75. The van der Waals surface area contributed by atoms with E-state index in [4.69, 9.17) is 0 Å². The number of alkyl halides is 3. The number of hydrogen-bond donors (Lipinski definition) is 0. The van der Waals surface area contributed by atoms with E-state index in [0.29, 0.717) is 10.9 Å². The van der Waals surface area contributed by atoms with Gasteiger partial charge in [-0.05, 0) is 42.0 Å². The number of rotatable bonds is 4. The van der Waals surface area contributed by atoms with E-state index in [2.05, 4.69) is 10.1 Å². The van der Waals surface area contributed by atoms with Crippen LogP contribution in [0.4, 0.5) is 18.9 Å². The molecule has 4 aromatic rings. The smallest absolute Gasteiger partial charge is 0.378 e. The van der Waals surface area contributed by atoms with Gasteiger partial charge < -0.3 is 4.90 Å². The van der Waals surface area contributed by atoms with Crippen LogP contribution in [-0.4, -0.2) is 30.0 Å². The molecule has 3 aromatic carbocycles. The average Bonchev–Trinajstić information content (AvgIpc) is 2.78. The Kier molecular flexibility index (Phi) is 5.52. The van der Waals surface area contributed by atoms with Crippen molar-refractivity contribution in [3.8, 4) is 11.4 Å². The molecule has 0 saturated heterocycles. The standard InChI is InChI=1S/C24H19F3N4O/c1-30(2)19-12-10-16(11-13-19)15-28-31-22(17-6-5-7-18(14-17)24(25,26)27)29-21-9-4-3-8-20(21)23(31)32/h3-15H,1-2H3. The van der Waals surface area contributed by atoms with Gasteiger partial charge in [0.25, 0.3) is 5.56 Å². The minimum absolute atomic E-state index is 0.0287. The molecular formula is C24H19F3N4O. The van der Waals surface area contributed by atoms with Crippen LogP contribution in [0.5, 0.6) is 0 Å². The molecule has 1 aromatic heterocycles. The van der Waals surface area contributed by atoms with Crippen molar-refractivity contribution in [1.29, 1.82) is 0 Å². The van der Waals surface area contributed by atoms with E-state index >= 15 is 0 Å². The summed E-state index contributed by atoms with van der Waals surface area (Å²) in [5, 5.41) is 4.61. The molecule has 0 N–H and O–H groups in total. The van der Waals surface area contributed by atoms with Crippen molar-refractivity contribution in [2.45, 2.75) is 6.18 Å². The van der Waals surface area contributed by atoms with Gasteiger partial charge >= 0.3 is 6.18 Å². The Morgan fingerprint density at radius 2 is 1.69 bits per heavy atom. The second-order valence-electron chi connectivity index (χ2n) is 7.38. The molecule has 0 bridgehead atoms. The minimum atomic E-state index is -4.52. The van der Waals surface area contributed by atoms with E-state index in [1.165, 1.54) is 18.3 Å². The second-order valence-corrected chi connectivity index (χ2v) is 7.38. The summed E-state index contributed by atoms with van der Waals surface area (Å²) in [5.74, 6) is 0.0287. The third-order valence-corrected chi connectivity index (χ3v) is 4.93. The molecule has 5 nitrogen and oxygen atoms in total. The highest BCUT2D eigenvalue weighted by atomic mass is 19.4. The van der Waals surface area contributed by atoms with E-state index in [9.17, 15) is 18.0 Å². The van der Waals surface area contributed by atoms with Crippen LogP contribution in [0.2, 0.25) is 0 Å². The lowest BCUT2D eigenvalue weighted by molar-refractivity contribution is -0.137. The molecule has 0 aliphatic heterocycles. The number of hydrogen-bond acceptors (Lipinski definition) is 4. The SMILES string of the molecule is CN(C)c1ccc(C=Nn2c(-c3cccc(C(F)(F)F)c3)nc3ccccc3c2=O)cc1. The molecular weight excluding hydrogens is 417 g/mol. The molecule has 0 fully saturated rings. The molecule has 0 aliphatic rings. The van der Waals surface area contributed by atoms with Crippen molar-refractivity contribution >= 4 is 22.8 Å². The first-order chi connectivity index (χ1) is 15.2. The van der Waals surface area contributed by atoms with Crippen LogP contribution in [-0.2, 0) is 6.18 Å². The monoisotopic (exact) mass is 436 g/mol. The zero-order valence-corrected chi connectivity index (χ0v) is 17.3. The molecule has 0 radical (unpaired) electrons. The quantitative estimate of drug-likeness (QED) is 0.422. The Morgan fingerprint density at radius 1 is 0.969 bits per heavy atom. The van der Waals surface area contributed by atoms with Crippen molar-refractivity contribution in [3.63, 3.8) is 0 Å². The van der Waals surface area contributed by atoms with Crippen LogP contribution in [0.15, 0.2) is 82.7 Å². The van der Waals surface area contributed by atoms with Crippen molar-refractivity contribution in [1.82, 2.24) is 9.66 Å². The summed E-state index contributed by atoms with van der Waals surface area (Å²) in [7, 11) is 3.84. The Hall–Kier alpha value is -3.94. The number of para-hydroxylation sites is 1. The zero-order chi connectivity index (χ0) is 22.9. The predicted octanol–water partition coefficient (Wildman–Crippen LogP) is 5.03. The van der Waals surface area contributed by atoms with Crippen LogP contribution in [0.25, 0.3) is 22.3 Å². The zero-order valence-electron chi connectivity index (χ0n) is 17.3. The van der Waals surface area contributed by atoms with Crippen molar-refractivity contribution in [2.75, 3.05) is 19.0 Å². The predicted molar refractivity (Wildman–Crippen MR) is 120 cm³/mol. The number of nitrogens with zero attached hydrogens (tertiary/aromatic N) is 4. The van der Waals surface area contributed by atoms with E-state index in [0.717, 1.165) is 28.1 Å². The lowest BCUT2D eigenvalue weighted by Gasteiger charge is -2.12. The van der Waals surface area contributed by atoms with Gasteiger partial charge in [0.15, 0.2) is 5.82 Å². The fourth-order valence-electron chi connectivity index (χ4n) is 3.24. The van der Waals surface area contributed by atoms with Crippen molar-refractivity contribution in [2.24, 2.45) is 5.10 Å². The maximum absolute atomic E-state index is 13.3. The third-order valence-electron chi connectivity index (χ3n) is 4.93. The highest BCUT2D eigenvalue weighted by Gasteiger charge is 2.30. The summed E-state index contributed by atoms with van der Waals surface area (Å²) in [6.45, 7) is 0. The molecule has 0 aliphatic carbocycles. The van der Waals surface area contributed by atoms with Crippen molar-refractivity contribution < 1.29 is 13.2 Å². The van der Waals surface area contributed by atoms with E-state index in [1.54, 1.807) is 24.3 Å². The van der Waals surface area contributed by atoms with E-state index in [-0.39, 0.29) is 11.4 Å². The van der Waals surface area contributed by atoms with Crippen LogP contribution in [0.3, 0.4) is 0 Å². The molecule has 1 heterocycles. The Labute approximate surface area is 182 Å². The first-order valence-electron chi connectivity index (χ1n) is 9.75. The molecule has 4 rings (SSSR count). The number of aromatic nitrogens is 2. The molecule has 0 amide bonds. The largest absolute Gasteiger partial charge is 0.416 e. The molecule has 32 heavy (non-hydrogen) atoms. The molecule has 8 heteroatoms. The van der Waals surface area contributed by atoms with E-state index in [1.807, 2.05) is 43.3 Å². The van der Waals surface area contributed by atoms with Gasteiger partial charge in [0.1, 0.15) is 0 Å². The molecule has 0 unspecified atom stereocenters. The van der Waals surface area contributed by atoms with Crippen LogP contribution in [0, 0.1) is 0 Å². The van der Waals surface area contributed by atoms with Gasteiger partial charge in [-0.2, -0.15) is 22.9 Å². The maximum atomic E-state index is 13.3. The highest BCUT2D eigenvalue weighted by Crippen LogP contribution is 2.31. The van der Waals surface area contributed by atoms with Crippen LogP contribution in [0.1, 0.15) is 11.1 Å². The summed E-state index contributed by atoms with van der Waals surface area (Å²) >= 11 is 0. The topological polar surface area (TPSA) is 50.5 Å². The summed E-state index contributed by atoms with van der Waals surface area (Å²) < 4.78 is 40.8. The highest BCUT2D eigenvalue weighted by molar-refractivity contribution is 5.82. The summed E-state index contributed by atoms with van der Waals surface area (Å²) in [6, 6.07) is 18.8. The molecule has 0 spiro atoms. The summed E-state index contributed by atoms with van der Waals surface area (Å²) in [5.41, 5.74) is 0.952. The number of anilines is 1. The lowest BCUT2D eigenvalue weighted by Crippen LogP contribution is -2.20. The van der Waals surface area contributed by atoms with Gasteiger partial charge in [-0.1, -0.05) is 36.4 Å². The second kappa shape index (κ2) is 8.30. The van der Waals surface area contributed by atoms with Gasteiger partial charge in [0.05, 0.1) is 22.7 Å². The Balaban J connectivity index is 1.88. The lowest BCUT2D eigenvalue weighted by atomic mass is 10.1. The molecule has 162 valence electrons. The number of halogens is 3. The Bertz CT molecular complexity index is 1360. The van der Waals surface area contributed by atoms with Gasteiger partial charge in [-0.3, -0.25) is 4.79 Å². The fraction of sp³-hybridized carbons (Fsp3) is 0.125. The average molecular weight is 436 g/mol. The first kappa shape index (κ1) is 21.3. The number of fused-ring (bicyclic) bond motifs is 1. The number of benzene rings is 3. The molecule has 0 saturated carbocycles. The minimum Gasteiger partial charge on any atom is -0.378 e. The van der Waals surface area contributed by atoms with E-state index < -0.39 is 17.3 Å². The normalized spacial score (nSPS) is 11.9. The van der Waals surface area contributed by atoms with Gasteiger partial charge in [-0.25, -0.2) is 4.98 Å². The Morgan fingerprint density at radius 3 is 2.38 bits per heavy atom. The van der Waals surface area contributed by atoms with Crippen LogP contribution >= 0.6 is 0 Å². The van der Waals surface area contributed by atoms with Crippen LogP contribution < -0.4 is 10.5 Å². The molecule has 0 atom stereocenters. The maximum Gasteiger partial charge on any atom is 0.416 e. The third kappa shape index (κ3) is 4.25. The fourth-order valence-corrected chi connectivity index (χ4v) is 3.24.